The highest BCUT2D eigenvalue weighted by Gasteiger charge is 2.43. The molecule has 3 aliphatic rings. The van der Waals surface area contributed by atoms with Crippen molar-refractivity contribution >= 4 is 34.2 Å². The largest absolute Gasteiger partial charge is 0.370 e. The minimum Gasteiger partial charge on any atom is -0.370 e. The highest BCUT2D eigenvalue weighted by molar-refractivity contribution is 9.10. The van der Waals surface area contributed by atoms with Crippen LogP contribution in [0.2, 0.25) is 0 Å². The third-order valence-electron chi connectivity index (χ3n) is 5.27. The number of halogens is 2. The quantitative estimate of drug-likeness (QED) is 0.657. The summed E-state index contributed by atoms with van der Waals surface area (Å²) in [7, 11) is 0. The van der Waals surface area contributed by atoms with Gasteiger partial charge in [0.15, 0.2) is 0 Å². The molecular formula is C17H24BrClN4O2. The molecule has 1 aromatic rings. The standard InChI is InChI=1S/C17H23BrN4O2.ClH/c18-12-3-1-11(2-4-12)15-10-22(7-8-24-15)17(23)16-13-9-19-6-5-14(13)20-21-16;/h1-4,13-16,19-21H,5-10H2;1H. The summed E-state index contributed by atoms with van der Waals surface area (Å²) in [6.45, 7) is 3.76. The number of benzene rings is 1. The van der Waals surface area contributed by atoms with Crippen LogP contribution in [0.4, 0.5) is 0 Å². The van der Waals surface area contributed by atoms with Crippen LogP contribution >= 0.6 is 28.3 Å². The average molecular weight is 432 g/mol. The summed E-state index contributed by atoms with van der Waals surface area (Å²) in [5.74, 6) is 0.504. The molecule has 4 rings (SSSR count). The number of carbonyl (C=O) groups excluding carboxylic acids is 1. The Morgan fingerprint density at radius 2 is 2.04 bits per heavy atom. The van der Waals surface area contributed by atoms with Gasteiger partial charge in [0.1, 0.15) is 12.1 Å². The summed E-state index contributed by atoms with van der Waals surface area (Å²) >= 11 is 3.46. The predicted molar refractivity (Wildman–Crippen MR) is 101 cm³/mol. The van der Waals surface area contributed by atoms with E-state index in [1.54, 1.807) is 0 Å². The zero-order chi connectivity index (χ0) is 16.5. The molecule has 4 unspecified atom stereocenters. The van der Waals surface area contributed by atoms with Gasteiger partial charge in [0.25, 0.3) is 0 Å². The number of hydrogen-bond acceptors (Lipinski definition) is 5. The lowest BCUT2D eigenvalue weighted by atomic mass is 9.88. The second-order valence-electron chi connectivity index (χ2n) is 6.72. The van der Waals surface area contributed by atoms with Crippen LogP contribution in [-0.4, -0.2) is 55.7 Å². The number of hydrazine groups is 1. The van der Waals surface area contributed by atoms with Crippen molar-refractivity contribution in [3.63, 3.8) is 0 Å². The van der Waals surface area contributed by atoms with Crippen LogP contribution in [0, 0.1) is 5.92 Å². The lowest BCUT2D eigenvalue weighted by molar-refractivity contribution is -0.142. The molecule has 0 aliphatic carbocycles. The summed E-state index contributed by atoms with van der Waals surface area (Å²) in [4.78, 5) is 15.0. The van der Waals surface area contributed by atoms with Gasteiger partial charge in [0, 0.05) is 29.5 Å². The van der Waals surface area contributed by atoms with Crippen LogP contribution < -0.4 is 16.2 Å². The third-order valence-corrected chi connectivity index (χ3v) is 5.80. The van der Waals surface area contributed by atoms with Crippen molar-refractivity contribution < 1.29 is 9.53 Å². The van der Waals surface area contributed by atoms with Crippen molar-refractivity contribution in [1.29, 1.82) is 0 Å². The fourth-order valence-corrected chi connectivity index (χ4v) is 4.15. The lowest BCUT2D eigenvalue weighted by Crippen LogP contribution is -2.53. The van der Waals surface area contributed by atoms with Gasteiger partial charge in [-0.15, -0.1) is 12.4 Å². The van der Waals surface area contributed by atoms with Crippen molar-refractivity contribution in [2.24, 2.45) is 5.92 Å². The van der Waals surface area contributed by atoms with Crippen molar-refractivity contribution in [1.82, 2.24) is 21.1 Å². The number of nitrogens with zero attached hydrogens (tertiary/aromatic N) is 1. The highest BCUT2D eigenvalue weighted by Crippen LogP contribution is 2.26. The first-order chi connectivity index (χ1) is 11.7. The van der Waals surface area contributed by atoms with Crippen LogP contribution in [0.5, 0.6) is 0 Å². The number of nitrogens with one attached hydrogen (secondary N) is 3. The average Bonchev–Trinajstić information content (AvgIpc) is 3.06. The van der Waals surface area contributed by atoms with E-state index in [0.29, 0.717) is 31.7 Å². The minimum absolute atomic E-state index is 0. The molecule has 4 atom stereocenters. The van der Waals surface area contributed by atoms with E-state index < -0.39 is 0 Å². The molecule has 0 spiro atoms. The van der Waals surface area contributed by atoms with Crippen molar-refractivity contribution in [2.45, 2.75) is 24.6 Å². The van der Waals surface area contributed by atoms with Crippen molar-refractivity contribution in [2.75, 3.05) is 32.8 Å². The maximum Gasteiger partial charge on any atom is 0.241 e. The van der Waals surface area contributed by atoms with Gasteiger partial charge in [-0.2, -0.15) is 0 Å². The Hall–Kier alpha value is -0.700. The first kappa shape index (κ1) is 19.1. The smallest absolute Gasteiger partial charge is 0.241 e. The van der Waals surface area contributed by atoms with Gasteiger partial charge < -0.3 is 15.0 Å². The molecule has 3 saturated heterocycles. The summed E-state index contributed by atoms with van der Waals surface area (Å²) in [6.07, 6.45) is 1.01. The number of amides is 1. The van der Waals surface area contributed by atoms with Gasteiger partial charge in [0.05, 0.1) is 13.2 Å². The van der Waals surface area contributed by atoms with E-state index in [2.05, 4.69) is 44.2 Å². The molecule has 6 nitrogen and oxygen atoms in total. The zero-order valence-electron chi connectivity index (χ0n) is 13.9. The second kappa shape index (κ2) is 8.33. The number of carbonyl (C=O) groups is 1. The molecule has 1 amide bonds. The summed E-state index contributed by atoms with van der Waals surface area (Å²) in [5, 5.41) is 3.40. The summed E-state index contributed by atoms with van der Waals surface area (Å²) in [6, 6.07) is 8.38. The molecule has 0 radical (unpaired) electrons. The number of piperidine rings is 1. The Balaban J connectivity index is 0.00000182. The van der Waals surface area contributed by atoms with Crippen LogP contribution in [0.15, 0.2) is 28.7 Å². The van der Waals surface area contributed by atoms with E-state index in [0.717, 1.165) is 29.5 Å². The Bertz CT molecular complexity index is 603. The zero-order valence-corrected chi connectivity index (χ0v) is 16.3. The van der Waals surface area contributed by atoms with Gasteiger partial charge in [0.2, 0.25) is 5.91 Å². The number of morpholine rings is 1. The molecule has 3 aliphatic heterocycles. The first-order valence-electron chi connectivity index (χ1n) is 8.60. The molecule has 0 saturated carbocycles. The van der Waals surface area contributed by atoms with E-state index in [4.69, 9.17) is 4.74 Å². The van der Waals surface area contributed by atoms with E-state index in [1.165, 1.54) is 0 Å². The summed E-state index contributed by atoms with van der Waals surface area (Å²) < 4.78 is 6.94. The maximum atomic E-state index is 13.0. The molecule has 0 aromatic heterocycles. The van der Waals surface area contributed by atoms with E-state index in [1.807, 2.05) is 17.0 Å². The Morgan fingerprint density at radius 1 is 1.24 bits per heavy atom. The van der Waals surface area contributed by atoms with Crippen LogP contribution in [0.25, 0.3) is 0 Å². The maximum absolute atomic E-state index is 13.0. The molecule has 8 heteroatoms. The van der Waals surface area contributed by atoms with Crippen molar-refractivity contribution in [3.05, 3.63) is 34.3 Å². The van der Waals surface area contributed by atoms with Crippen LogP contribution in [-0.2, 0) is 9.53 Å². The Kier molecular flexibility index (Phi) is 6.35. The normalized spacial score (nSPS) is 32.0. The van der Waals surface area contributed by atoms with Gasteiger partial charge in [-0.1, -0.05) is 28.1 Å². The van der Waals surface area contributed by atoms with Gasteiger partial charge in [-0.25, -0.2) is 5.43 Å². The van der Waals surface area contributed by atoms with E-state index in [-0.39, 0.29) is 30.5 Å². The molecule has 3 heterocycles. The molecule has 1 aromatic carbocycles. The highest BCUT2D eigenvalue weighted by atomic mass is 79.9. The fraction of sp³-hybridized carbons (Fsp3) is 0.588. The molecular weight excluding hydrogens is 408 g/mol. The minimum atomic E-state index is -0.147. The third kappa shape index (κ3) is 4.02. The van der Waals surface area contributed by atoms with Crippen LogP contribution in [0.1, 0.15) is 18.1 Å². The number of hydrogen-bond donors (Lipinski definition) is 3. The SMILES string of the molecule is Cl.O=C(C1NNC2CCNCC21)N1CCOC(c2ccc(Br)cc2)C1. The summed E-state index contributed by atoms with van der Waals surface area (Å²) in [5.41, 5.74) is 7.65. The number of ether oxygens (including phenoxy) is 1. The van der Waals surface area contributed by atoms with E-state index >= 15 is 0 Å². The molecule has 3 N–H and O–H groups in total. The monoisotopic (exact) mass is 430 g/mol. The Labute approximate surface area is 162 Å². The van der Waals surface area contributed by atoms with Gasteiger partial charge in [-0.05, 0) is 30.7 Å². The fourth-order valence-electron chi connectivity index (χ4n) is 3.89. The predicted octanol–water partition coefficient (Wildman–Crippen LogP) is 1.23. The molecule has 0 bridgehead atoms. The molecule has 138 valence electrons. The first-order valence-corrected chi connectivity index (χ1v) is 9.39. The molecule has 3 fully saturated rings. The lowest BCUT2D eigenvalue weighted by Gasteiger charge is -2.36. The van der Waals surface area contributed by atoms with Crippen molar-refractivity contribution in [3.8, 4) is 0 Å². The van der Waals surface area contributed by atoms with Gasteiger partial charge >= 0.3 is 0 Å². The number of rotatable bonds is 2. The topological polar surface area (TPSA) is 65.6 Å². The van der Waals surface area contributed by atoms with E-state index in [9.17, 15) is 4.79 Å². The second-order valence-corrected chi connectivity index (χ2v) is 7.64. The number of fused-ring (bicyclic) bond motifs is 1. The molecule has 25 heavy (non-hydrogen) atoms. The van der Waals surface area contributed by atoms with Crippen LogP contribution in [0.3, 0.4) is 0 Å². The Morgan fingerprint density at radius 3 is 2.84 bits per heavy atom. The van der Waals surface area contributed by atoms with Gasteiger partial charge in [-0.3, -0.25) is 10.2 Å².